The second-order valence-corrected chi connectivity index (χ2v) is 8.10. The van der Waals surface area contributed by atoms with Crippen molar-refractivity contribution in [2.75, 3.05) is 25.6 Å². The van der Waals surface area contributed by atoms with Gasteiger partial charge in [0.05, 0.1) is 12.5 Å². The number of aromatic nitrogens is 4. The Morgan fingerprint density at radius 3 is 2.57 bits per heavy atom. The molecule has 0 saturated carbocycles. The van der Waals surface area contributed by atoms with Crippen LogP contribution in [0.25, 0.3) is 5.69 Å². The number of rotatable bonds is 5. The molecular formula is C21H22BrN5O3. The van der Waals surface area contributed by atoms with Gasteiger partial charge in [0.1, 0.15) is 11.4 Å². The highest BCUT2D eigenvalue weighted by Crippen LogP contribution is 2.37. The van der Waals surface area contributed by atoms with Crippen LogP contribution in [0.15, 0.2) is 46.9 Å². The van der Waals surface area contributed by atoms with Crippen molar-refractivity contribution in [2.24, 2.45) is 0 Å². The summed E-state index contributed by atoms with van der Waals surface area (Å²) in [6, 6.07) is 13.3. The van der Waals surface area contributed by atoms with Gasteiger partial charge in [0.25, 0.3) is 0 Å². The minimum atomic E-state index is -0.649. The molecule has 1 aliphatic heterocycles. The van der Waals surface area contributed by atoms with Crippen molar-refractivity contribution in [3.63, 3.8) is 0 Å². The summed E-state index contributed by atoms with van der Waals surface area (Å²) >= 11 is 3.47. The third-order valence-corrected chi connectivity index (χ3v) is 6.00. The van der Waals surface area contributed by atoms with E-state index in [4.69, 9.17) is 9.47 Å². The summed E-state index contributed by atoms with van der Waals surface area (Å²) in [6.07, 6.45) is 1.24. The molecule has 1 N–H and O–H groups in total. The summed E-state index contributed by atoms with van der Waals surface area (Å²) in [5.74, 6) is 1.17. The van der Waals surface area contributed by atoms with Crippen LogP contribution in [0.3, 0.4) is 0 Å². The Kier molecular flexibility index (Phi) is 5.83. The average molecular weight is 472 g/mol. The van der Waals surface area contributed by atoms with Crippen LogP contribution in [0.2, 0.25) is 0 Å². The van der Waals surface area contributed by atoms with Gasteiger partial charge in [0, 0.05) is 23.4 Å². The predicted octanol–water partition coefficient (Wildman–Crippen LogP) is 3.43. The molecule has 3 aromatic rings. The molecule has 0 spiro atoms. The molecule has 2 aromatic carbocycles. The van der Waals surface area contributed by atoms with Gasteiger partial charge in [0.15, 0.2) is 5.82 Å². The van der Waals surface area contributed by atoms with E-state index in [-0.39, 0.29) is 5.91 Å². The first-order chi connectivity index (χ1) is 14.5. The summed E-state index contributed by atoms with van der Waals surface area (Å²) in [7, 11) is 1.58. The smallest absolute Gasteiger partial charge is 0.235 e. The topological polar surface area (TPSA) is 91.2 Å². The van der Waals surface area contributed by atoms with E-state index in [1.165, 1.54) is 0 Å². The van der Waals surface area contributed by atoms with Gasteiger partial charge in [-0.05, 0) is 66.1 Å². The fourth-order valence-corrected chi connectivity index (χ4v) is 4.04. The molecule has 0 atom stereocenters. The van der Waals surface area contributed by atoms with Gasteiger partial charge in [-0.2, -0.15) is 4.68 Å². The molecule has 1 saturated heterocycles. The number of aryl methyl sites for hydroxylation is 1. The van der Waals surface area contributed by atoms with Gasteiger partial charge in [-0.25, -0.2) is 0 Å². The number of halogens is 1. The Morgan fingerprint density at radius 2 is 1.93 bits per heavy atom. The summed E-state index contributed by atoms with van der Waals surface area (Å²) in [6.45, 7) is 2.89. The molecule has 9 heteroatoms. The zero-order chi connectivity index (χ0) is 21.1. The van der Waals surface area contributed by atoms with Gasteiger partial charge in [0.2, 0.25) is 5.91 Å². The summed E-state index contributed by atoms with van der Waals surface area (Å²) in [5.41, 5.74) is 1.64. The van der Waals surface area contributed by atoms with E-state index in [0.717, 1.165) is 10.0 Å². The van der Waals surface area contributed by atoms with E-state index in [1.54, 1.807) is 24.8 Å². The van der Waals surface area contributed by atoms with E-state index in [0.29, 0.717) is 49.0 Å². The maximum absolute atomic E-state index is 13.5. The molecular weight excluding hydrogens is 450 g/mol. The van der Waals surface area contributed by atoms with Crippen molar-refractivity contribution in [1.29, 1.82) is 0 Å². The SMILES string of the molecule is COc1ccc(NC(=O)C2(c3ccc(Br)cc3)CCOCC2)cc1-n1nnnc1C. The number of methoxy groups -OCH3 is 1. The number of hydrogen-bond donors (Lipinski definition) is 1. The number of ether oxygens (including phenoxy) is 2. The first-order valence-corrected chi connectivity index (χ1v) is 10.4. The van der Waals surface area contributed by atoms with Gasteiger partial charge in [-0.3, -0.25) is 4.79 Å². The minimum Gasteiger partial charge on any atom is -0.494 e. The first-order valence-electron chi connectivity index (χ1n) is 9.62. The molecule has 0 unspecified atom stereocenters. The fraction of sp³-hybridized carbons (Fsp3) is 0.333. The number of amides is 1. The van der Waals surface area contributed by atoms with Gasteiger partial charge >= 0.3 is 0 Å². The van der Waals surface area contributed by atoms with Crippen LogP contribution >= 0.6 is 15.9 Å². The summed E-state index contributed by atoms with van der Waals surface area (Å²) in [5, 5.41) is 14.7. The monoisotopic (exact) mass is 471 g/mol. The van der Waals surface area contributed by atoms with E-state index in [1.807, 2.05) is 36.4 Å². The van der Waals surface area contributed by atoms with Crippen LogP contribution in [-0.2, 0) is 14.9 Å². The van der Waals surface area contributed by atoms with Crippen molar-refractivity contribution >= 4 is 27.5 Å². The highest BCUT2D eigenvalue weighted by Gasteiger charge is 2.41. The zero-order valence-corrected chi connectivity index (χ0v) is 18.3. The van der Waals surface area contributed by atoms with E-state index in [9.17, 15) is 4.79 Å². The molecule has 156 valence electrons. The third-order valence-electron chi connectivity index (χ3n) is 5.47. The molecule has 1 aromatic heterocycles. The average Bonchev–Trinajstić information content (AvgIpc) is 3.20. The van der Waals surface area contributed by atoms with E-state index < -0.39 is 5.41 Å². The number of hydrogen-bond acceptors (Lipinski definition) is 6. The van der Waals surface area contributed by atoms with Crippen LogP contribution < -0.4 is 10.1 Å². The number of carbonyl (C=O) groups is 1. The summed E-state index contributed by atoms with van der Waals surface area (Å²) in [4.78, 5) is 13.5. The highest BCUT2D eigenvalue weighted by atomic mass is 79.9. The van der Waals surface area contributed by atoms with Crippen molar-refractivity contribution in [1.82, 2.24) is 20.2 Å². The lowest BCUT2D eigenvalue weighted by molar-refractivity contribution is -0.125. The number of nitrogens with one attached hydrogen (secondary N) is 1. The second kappa shape index (κ2) is 8.53. The third kappa shape index (κ3) is 3.82. The molecule has 0 bridgehead atoms. The lowest BCUT2D eigenvalue weighted by Gasteiger charge is -2.36. The van der Waals surface area contributed by atoms with Crippen molar-refractivity contribution in [3.05, 3.63) is 58.3 Å². The molecule has 1 amide bonds. The second-order valence-electron chi connectivity index (χ2n) is 7.18. The highest BCUT2D eigenvalue weighted by molar-refractivity contribution is 9.10. The standard InChI is InChI=1S/C21H22BrN5O3/c1-14-24-25-26-27(14)18-13-17(7-8-19(18)29-2)23-20(28)21(9-11-30-12-10-21)15-3-5-16(22)6-4-15/h3-8,13H,9-12H2,1-2H3,(H,23,28). The molecule has 0 radical (unpaired) electrons. The lowest BCUT2D eigenvalue weighted by atomic mass is 9.73. The number of carbonyl (C=O) groups excluding carboxylic acids is 1. The molecule has 1 fully saturated rings. The lowest BCUT2D eigenvalue weighted by Crippen LogP contribution is -2.44. The van der Waals surface area contributed by atoms with Crippen molar-refractivity contribution < 1.29 is 14.3 Å². The predicted molar refractivity (Wildman–Crippen MR) is 115 cm³/mol. The minimum absolute atomic E-state index is 0.0577. The van der Waals surface area contributed by atoms with Gasteiger partial charge < -0.3 is 14.8 Å². The zero-order valence-electron chi connectivity index (χ0n) is 16.8. The van der Waals surface area contributed by atoms with E-state index in [2.05, 4.69) is 36.8 Å². The van der Waals surface area contributed by atoms with Crippen LogP contribution in [0.4, 0.5) is 5.69 Å². The van der Waals surface area contributed by atoms with Crippen molar-refractivity contribution in [3.8, 4) is 11.4 Å². The molecule has 0 aliphatic carbocycles. The number of tetrazole rings is 1. The Morgan fingerprint density at radius 1 is 1.20 bits per heavy atom. The fourth-order valence-electron chi connectivity index (χ4n) is 3.77. The molecule has 4 rings (SSSR count). The molecule has 1 aliphatic rings. The number of nitrogens with zero attached hydrogens (tertiary/aromatic N) is 4. The maximum Gasteiger partial charge on any atom is 0.235 e. The van der Waals surface area contributed by atoms with Crippen LogP contribution in [0.1, 0.15) is 24.2 Å². The van der Waals surface area contributed by atoms with Crippen LogP contribution in [0.5, 0.6) is 5.75 Å². The quantitative estimate of drug-likeness (QED) is 0.612. The van der Waals surface area contributed by atoms with Crippen LogP contribution in [0, 0.1) is 6.92 Å². The summed E-state index contributed by atoms with van der Waals surface area (Å²) < 4.78 is 13.6. The molecule has 30 heavy (non-hydrogen) atoms. The number of anilines is 1. The maximum atomic E-state index is 13.5. The Balaban J connectivity index is 1.68. The normalized spacial score (nSPS) is 15.6. The Hall–Kier alpha value is -2.78. The molecule has 2 heterocycles. The number of benzene rings is 2. The molecule has 8 nitrogen and oxygen atoms in total. The Labute approximate surface area is 182 Å². The van der Waals surface area contributed by atoms with Crippen LogP contribution in [-0.4, -0.2) is 46.4 Å². The van der Waals surface area contributed by atoms with E-state index >= 15 is 0 Å². The Bertz CT molecular complexity index is 1050. The van der Waals surface area contributed by atoms with Gasteiger partial charge in [-0.15, -0.1) is 5.10 Å². The largest absolute Gasteiger partial charge is 0.494 e. The first kappa shape index (κ1) is 20.5. The van der Waals surface area contributed by atoms with Gasteiger partial charge in [-0.1, -0.05) is 28.1 Å². The van der Waals surface area contributed by atoms with Crippen molar-refractivity contribution in [2.45, 2.75) is 25.2 Å².